The molecular formula is C23H20N2O5. The monoisotopic (exact) mass is 404 g/mol. The first kappa shape index (κ1) is 20.7. The minimum absolute atomic E-state index is 0.0341. The van der Waals surface area contributed by atoms with Crippen LogP contribution in [0.25, 0.3) is 0 Å². The molecule has 0 radical (unpaired) electrons. The molecule has 0 spiro atoms. The number of rotatable bonds is 8. The van der Waals surface area contributed by atoms with Crippen LogP contribution in [0.2, 0.25) is 0 Å². The average molecular weight is 404 g/mol. The van der Waals surface area contributed by atoms with Crippen LogP contribution in [-0.4, -0.2) is 23.2 Å². The molecule has 1 amide bonds. The van der Waals surface area contributed by atoms with Gasteiger partial charge >= 0.3 is 0 Å². The maximum absolute atomic E-state index is 12.5. The quantitative estimate of drug-likeness (QED) is 0.341. The maximum atomic E-state index is 12.5. The number of ether oxygens (including phenoxy) is 1. The zero-order chi connectivity index (χ0) is 21.5. The molecule has 0 atom stereocenters. The number of carbonyl (C=O) groups is 2. The van der Waals surface area contributed by atoms with Gasteiger partial charge in [0.15, 0.2) is 12.4 Å². The van der Waals surface area contributed by atoms with E-state index in [2.05, 4.69) is 5.32 Å². The third-order valence-corrected chi connectivity index (χ3v) is 4.38. The molecule has 0 unspecified atom stereocenters. The van der Waals surface area contributed by atoms with E-state index < -0.39 is 4.92 Å². The molecule has 30 heavy (non-hydrogen) atoms. The van der Waals surface area contributed by atoms with Crippen molar-refractivity contribution in [1.82, 2.24) is 0 Å². The molecule has 3 aromatic carbocycles. The van der Waals surface area contributed by atoms with Crippen LogP contribution in [0.4, 0.5) is 11.4 Å². The number of nitrogens with zero attached hydrogens (tertiary/aromatic N) is 1. The van der Waals surface area contributed by atoms with Crippen molar-refractivity contribution < 1.29 is 19.2 Å². The molecule has 0 saturated heterocycles. The largest absolute Gasteiger partial charge is 0.485 e. The zero-order valence-corrected chi connectivity index (χ0v) is 16.3. The minimum Gasteiger partial charge on any atom is -0.485 e. The molecular weight excluding hydrogens is 384 g/mol. The first-order valence-corrected chi connectivity index (χ1v) is 9.27. The molecule has 7 heteroatoms. The van der Waals surface area contributed by atoms with Crippen LogP contribution < -0.4 is 10.1 Å². The van der Waals surface area contributed by atoms with Gasteiger partial charge in [-0.25, -0.2) is 0 Å². The number of Topliss-reactive ketones (excluding diaryl/α,β-unsaturated/α-hetero) is 1. The summed E-state index contributed by atoms with van der Waals surface area (Å²) in [5.41, 5.74) is 2.61. The lowest BCUT2D eigenvalue weighted by molar-refractivity contribution is -0.384. The lowest BCUT2D eigenvalue weighted by Gasteiger charge is -2.12. The Morgan fingerprint density at radius 1 is 1.00 bits per heavy atom. The summed E-state index contributed by atoms with van der Waals surface area (Å²) in [5.74, 6) is -0.0115. The van der Waals surface area contributed by atoms with Crippen LogP contribution in [0.5, 0.6) is 5.75 Å². The predicted octanol–water partition coefficient (Wildman–Crippen LogP) is 4.41. The molecule has 0 aromatic heterocycles. The van der Waals surface area contributed by atoms with E-state index in [0.717, 1.165) is 5.56 Å². The Labute approximate surface area is 173 Å². The molecule has 0 aliphatic carbocycles. The van der Waals surface area contributed by atoms with Crippen LogP contribution in [0, 0.1) is 10.1 Å². The lowest BCUT2D eigenvalue weighted by atomic mass is 10.0. The Bertz CT molecular complexity index is 1060. The average Bonchev–Trinajstić information content (AvgIpc) is 2.73. The van der Waals surface area contributed by atoms with E-state index in [-0.39, 0.29) is 24.0 Å². The summed E-state index contributed by atoms with van der Waals surface area (Å²) in [7, 11) is 0. The van der Waals surface area contributed by atoms with Crippen molar-refractivity contribution in [1.29, 1.82) is 0 Å². The van der Waals surface area contributed by atoms with Crippen molar-refractivity contribution in [3.8, 4) is 5.75 Å². The SMILES string of the molecule is CC(=O)Nc1ccc(C(=O)COc2ccc([N+](=O)[O-])cc2Cc2ccccc2)cc1. The maximum Gasteiger partial charge on any atom is 0.269 e. The predicted molar refractivity (Wildman–Crippen MR) is 113 cm³/mol. The van der Waals surface area contributed by atoms with Gasteiger partial charge in [0.25, 0.3) is 5.69 Å². The molecule has 3 aromatic rings. The van der Waals surface area contributed by atoms with Crippen molar-refractivity contribution in [2.75, 3.05) is 11.9 Å². The molecule has 0 bridgehead atoms. The van der Waals surface area contributed by atoms with E-state index in [1.54, 1.807) is 24.3 Å². The molecule has 0 aliphatic rings. The Balaban J connectivity index is 1.74. The second-order valence-corrected chi connectivity index (χ2v) is 6.68. The fourth-order valence-corrected chi connectivity index (χ4v) is 2.94. The Morgan fingerprint density at radius 2 is 1.70 bits per heavy atom. The lowest BCUT2D eigenvalue weighted by Crippen LogP contribution is -2.13. The number of carbonyl (C=O) groups excluding carboxylic acids is 2. The van der Waals surface area contributed by atoms with Gasteiger partial charge in [0, 0.05) is 42.3 Å². The highest BCUT2D eigenvalue weighted by molar-refractivity contribution is 5.98. The Kier molecular flexibility index (Phi) is 6.54. The summed E-state index contributed by atoms with van der Waals surface area (Å²) in [5, 5.41) is 13.8. The number of non-ortho nitro benzene ring substituents is 1. The normalized spacial score (nSPS) is 10.3. The highest BCUT2D eigenvalue weighted by Crippen LogP contribution is 2.27. The van der Waals surface area contributed by atoms with Gasteiger partial charge < -0.3 is 10.1 Å². The first-order valence-electron chi connectivity index (χ1n) is 9.27. The fourth-order valence-electron chi connectivity index (χ4n) is 2.94. The van der Waals surface area contributed by atoms with E-state index in [9.17, 15) is 19.7 Å². The molecule has 0 heterocycles. The Morgan fingerprint density at radius 3 is 2.33 bits per heavy atom. The number of anilines is 1. The van der Waals surface area contributed by atoms with E-state index in [1.165, 1.54) is 25.1 Å². The first-order chi connectivity index (χ1) is 14.4. The van der Waals surface area contributed by atoms with Crippen molar-refractivity contribution in [3.63, 3.8) is 0 Å². The van der Waals surface area contributed by atoms with Crippen LogP contribution in [0.15, 0.2) is 72.8 Å². The molecule has 0 saturated carbocycles. The van der Waals surface area contributed by atoms with Gasteiger partial charge in [-0.05, 0) is 35.9 Å². The smallest absolute Gasteiger partial charge is 0.269 e. The Hall–Kier alpha value is -4.00. The van der Waals surface area contributed by atoms with Crippen LogP contribution in [0.3, 0.4) is 0 Å². The van der Waals surface area contributed by atoms with Gasteiger partial charge in [0.1, 0.15) is 5.75 Å². The van der Waals surface area contributed by atoms with Gasteiger partial charge in [-0.3, -0.25) is 19.7 Å². The van der Waals surface area contributed by atoms with E-state index in [0.29, 0.717) is 29.0 Å². The molecule has 152 valence electrons. The molecule has 0 fully saturated rings. The number of nitrogens with one attached hydrogen (secondary N) is 1. The fraction of sp³-hybridized carbons (Fsp3) is 0.130. The summed E-state index contributed by atoms with van der Waals surface area (Å²) in [4.78, 5) is 34.2. The van der Waals surface area contributed by atoms with Gasteiger partial charge in [-0.15, -0.1) is 0 Å². The number of amides is 1. The highest BCUT2D eigenvalue weighted by Gasteiger charge is 2.14. The molecule has 1 N–H and O–H groups in total. The van der Waals surface area contributed by atoms with Gasteiger partial charge in [-0.2, -0.15) is 0 Å². The topological polar surface area (TPSA) is 98.5 Å². The molecule has 3 rings (SSSR count). The van der Waals surface area contributed by atoms with Gasteiger partial charge in [-0.1, -0.05) is 30.3 Å². The van der Waals surface area contributed by atoms with Gasteiger partial charge in [0.2, 0.25) is 5.91 Å². The third kappa shape index (κ3) is 5.51. The summed E-state index contributed by atoms with van der Waals surface area (Å²) in [6.07, 6.45) is 0.442. The van der Waals surface area contributed by atoms with Crippen molar-refractivity contribution >= 4 is 23.1 Å². The zero-order valence-electron chi connectivity index (χ0n) is 16.3. The van der Waals surface area contributed by atoms with E-state index >= 15 is 0 Å². The molecule has 7 nitrogen and oxygen atoms in total. The summed E-state index contributed by atoms with van der Waals surface area (Å²) >= 11 is 0. The van der Waals surface area contributed by atoms with Crippen LogP contribution >= 0.6 is 0 Å². The second kappa shape index (κ2) is 9.47. The van der Waals surface area contributed by atoms with Crippen molar-refractivity contribution in [3.05, 3.63) is 99.6 Å². The van der Waals surface area contributed by atoms with Crippen molar-refractivity contribution in [2.45, 2.75) is 13.3 Å². The second-order valence-electron chi connectivity index (χ2n) is 6.68. The van der Waals surface area contributed by atoms with E-state index in [1.807, 2.05) is 30.3 Å². The number of nitro benzene ring substituents is 1. The number of hydrogen-bond acceptors (Lipinski definition) is 5. The minimum atomic E-state index is -0.458. The standard InChI is InChI=1S/C23H20N2O5/c1-16(26)24-20-9-7-18(8-10-20)22(27)15-30-23-12-11-21(25(28)29)14-19(23)13-17-5-3-2-4-6-17/h2-12,14H,13,15H2,1H3,(H,24,26). The third-order valence-electron chi connectivity index (χ3n) is 4.38. The number of nitro groups is 1. The van der Waals surface area contributed by atoms with Gasteiger partial charge in [0.05, 0.1) is 4.92 Å². The number of ketones is 1. The summed E-state index contributed by atoms with van der Waals surface area (Å²) in [6.45, 7) is 1.20. The van der Waals surface area contributed by atoms with Crippen molar-refractivity contribution in [2.24, 2.45) is 0 Å². The summed E-state index contributed by atoms with van der Waals surface area (Å²) in [6, 6.07) is 20.4. The molecule has 0 aliphatic heterocycles. The number of hydrogen-bond donors (Lipinski definition) is 1. The van der Waals surface area contributed by atoms with E-state index in [4.69, 9.17) is 4.74 Å². The highest BCUT2D eigenvalue weighted by atomic mass is 16.6. The number of benzene rings is 3. The van der Waals surface area contributed by atoms with Crippen LogP contribution in [-0.2, 0) is 11.2 Å². The summed E-state index contributed by atoms with van der Waals surface area (Å²) < 4.78 is 5.71. The van der Waals surface area contributed by atoms with Crippen LogP contribution in [0.1, 0.15) is 28.4 Å².